The van der Waals surface area contributed by atoms with Crippen molar-refractivity contribution < 1.29 is 4.79 Å². The number of benzene rings is 1. The Morgan fingerprint density at radius 3 is 2.81 bits per heavy atom. The van der Waals surface area contributed by atoms with Gasteiger partial charge in [-0.1, -0.05) is 12.1 Å². The predicted octanol–water partition coefficient (Wildman–Crippen LogP) is 3.28. The van der Waals surface area contributed by atoms with Gasteiger partial charge in [0, 0.05) is 35.0 Å². The van der Waals surface area contributed by atoms with Crippen molar-refractivity contribution in [2.75, 3.05) is 11.9 Å². The minimum Gasteiger partial charge on any atom is -0.366 e. The molecule has 136 valence electrons. The van der Waals surface area contributed by atoms with E-state index in [0.717, 1.165) is 64.4 Å². The van der Waals surface area contributed by atoms with E-state index >= 15 is 0 Å². The number of H-pyrrole nitrogens is 1. The quantitative estimate of drug-likeness (QED) is 0.670. The van der Waals surface area contributed by atoms with E-state index in [4.69, 9.17) is 9.97 Å². The van der Waals surface area contributed by atoms with Gasteiger partial charge in [-0.05, 0) is 44.7 Å². The zero-order chi connectivity index (χ0) is 18.2. The van der Waals surface area contributed by atoms with E-state index in [1.165, 1.54) is 12.8 Å². The summed E-state index contributed by atoms with van der Waals surface area (Å²) in [6, 6.07) is 8.57. The van der Waals surface area contributed by atoms with Crippen molar-refractivity contribution in [1.82, 2.24) is 20.3 Å². The van der Waals surface area contributed by atoms with Crippen molar-refractivity contribution in [2.45, 2.75) is 44.1 Å². The summed E-state index contributed by atoms with van der Waals surface area (Å²) in [7, 11) is 0. The van der Waals surface area contributed by atoms with Gasteiger partial charge in [0.1, 0.15) is 11.3 Å². The van der Waals surface area contributed by atoms with Crippen molar-refractivity contribution in [1.29, 1.82) is 0 Å². The zero-order valence-electron chi connectivity index (χ0n) is 15.2. The number of nitrogens with one attached hydrogen (secondary N) is 3. The molecule has 0 atom stereocenters. The van der Waals surface area contributed by atoms with Crippen LogP contribution < -0.4 is 10.6 Å². The summed E-state index contributed by atoms with van der Waals surface area (Å²) in [6.45, 7) is 2.74. The molecule has 3 heterocycles. The summed E-state index contributed by atoms with van der Waals surface area (Å²) in [4.78, 5) is 25.6. The number of carbonyl (C=O) groups is 1. The lowest BCUT2D eigenvalue weighted by Gasteiger charge is -2.21. The number of aromatic amines is 1. The van der Waals surface area contributed by atoms with E-state index in [1.807, 2.05) is 25.1 Å². The highest BCUT2D eigenvalue weighted by atomic mass is 16.1. The largest absolute Gasteiger partial charge is 0.366 e. The number of nitrogens with zero attached hydrogens (tertiary/aromatic N) is 2. The van der Waals surface area contributed by atoms with Crippen molar-refractivity contribution in [3.8, 4) is 11.3 Å². The van der Waals surface area contributed by atoms with Gasteiger partial charge in [-0.15, -0.1) is 0 Å². The van der Waals surface area contributed by atoms with Crippen LogP contribution in [0.1, 0.15) is 47.4 Å². The molecule has 3 aromatic rings. The molecule has 6 heteroatoms. The van der Waals surface area contributed by atoms with Gasteiger partial charge in [0.15, 0.2) is 0 Å². The van der Waals surface area contributed by atoms with Gasteiger partial charge >= 0.3 is 0 Å². The van der Waals surface area contributed by atoms with E-state index < -0.39 is 0 Å². The lowest BCUT2D eigenvalue weighted by atomic mass is 9.95. The number of rotatable bonds is 3. The zero-order valence-corrected chi connectivity index (χ0v) is 15.2. The summed E-state index contributed by atoms with van der Waals surface area (Å²) in [5.74, 6) is 0.883. The standard InChI is InChI=1S/C21H21N5O/c1-11-19(24-12-5-6-12)26-17-13(3-2-4-15(17)23-11)16-9-14-18(25-16)21(7-8-21)10-22-20(14)27/h2-4,9,12,25H,5-8,10H2,1H3,(H,22,27)(H,24,26). The molecule has 2 saturated carbocycles. The average Bonchev–Trinajstić information content (AvgIpc) is 3.58. The maximum absolute atomic E-state index is 12.4. The molecule has 2 fully saturated rings. The van der Waals surface area contributed by atoms with Crippen molar-refractivity contribution in [2.24, 2.45) is 0 Å². The minimum absolute atomic E-state index is 0.0169. The van der Waals surface area contributed by atoms with Crippen molar-refractivity contribution in [3.63, 3.8) is 0 Å². The first-order chi connectivity index (χ1) is 13.1. The van der Waals surface area contributed by atoms with Crippen LogP contribution in [0, 0.1) is 6.92 Å². The molecule has 0 saturated heterocycles. The highest BCUT2D eigenvalue weighted by molar-refractivity contribution is 6.00. The fraction of sp³-hybridized carbons (Fsp3) is 0.381. The summed E-state index contributed by atoms with van der Waals surface area (Å²) in [5.41, 5.74) is 6.61. The van der Waals surface area contributed by atoms with Crippen LogP contribution in [0.15, 0.2) is 24.3 Å². The van der Waals surface area contributed by atoms with Gasteiger partial charge in [-0.2, -0.15) is 0 Å². The normalized spacial score (nSPS) is 19.8. The smallest absolute Gasteiger partial charge is 0.253 e. The number of hydrogen-bond donors (Lipinski definition) is 3. The molecule has 3 aliphatic rings. The molecular formula is C21H21N5O. The Balaban J connectivity index is 1.52. The van der Waals surface area contributed by atoms with Gasteiger partial charge < -0.3 is 15.6 Å². The maximum Gasteiger partial charge on any atom is 0.253 e. The number of amides is 1. The van der Waals surface area contributed by atoms with Crippen LogP contribution in [0.2, 0.25) is 0 Å². The van der Waals surface area contributed by atoms with Gasteiger partial charge in [-0.3, -0.25) is 4.79 Å². The lowest BCUT2D eigenvalue weighted by molar-refractivity contribution is 0.0937. The SMILES string of the molecule is Cc1nc2cccc(-c3cc4c([nH]3)C3(CC3)CNC4=O)c2nc1NC1CC1. The van der Waals surface area contributed by atoms with Crippen LogP contribution in [0.4, 0.5) is 5.82 Å². The van der Waals surface area contributed by atoms with Gasteiger partial charge in [0.2, 0.25) is 0 Å². The van der Waals surface area contributed by atoms with E-state index in [0.29, 0.717) is 6.04 Å². The van der Waals surface area contributed by atoms with Crippen LogP contribution in [0.5, 0.6) is 0 Å². The van der Waals surface area contributed by atoms with Gasteiger partial charge in [0.25, 0.3) is 5.91 Å². The van der Waals surface area contributed by atoms with Crippen LogP contribution in [0.25, 0.3) is 22.3 Å². The molecule has 3 N–H and O–H groups in total. The molecule has 27 heavy (non-hydrogen) atoms. The minimum atomic E-state index is 0.0169. The average molecular weight is 359 g/mol. The topological polar surface area (TPSA) is 82.7 Å². The lowest BCUT2D eigenvalue weighted by Crippen LogP contribution is -2.38. The number of aryl methyl sites for hydroxylation is 1. The van der Waals surface area contributed by atoms with E-state index in [2.05, 4.69) is 21.7 Å². The molecule has 0 bridgehead atoms. The Labute approximate surface area is 156 Å². The van der Waals surface area contributed by atoms with Gasteiger partial charge in [0.05, 0.1) is 16.8 Å². The molecule has 1 aliphatic heterocycles. The van der Waals surface area contributed by atoms with Crippen LogP contribution in [0.3, 0.4) is 0 Å². The second-order valence-electron chi connectivity index (χ2n) is 8.18. The Morgan fingerprint density at radius 1 is 1.19 bits per heavy atom. The fourth-order valence-corrected chi connectivity index (χ4v) is 4.15. The predicted molar refractivity (Wildman–Crippen MR) is 104 cm³/mol. The monoisotopic (exact) mass is 359 g/mol. The summed E-state index contributed by atoms with van der Waals surface area (Å²) in [6.07, 6.45) is 4.65. The van der Waals surface area contributed by atoms with Crippen LogP contribution in [-0.4, -0.2) is 33.4 Å². The van der Waals surface area contributed by atoms with Gasteiger partial charge in [-0.25, -0.2) is 9.97 Å². The number of hydrogen-bond acceptors (Lipinski definition) is 4. The fourth-order valence-electron chi connectivity index (χ4n) is 4.15. The third kappa shape index (κ3) is 2.29. The summed E-state index contributed by atoms with van der Waals surface area (Å²) < 4.78 is 0. The van der Waals surface area contributed by atoms with Crippen molar-refractivity contribution >= 4 is 22.8 Å². The Hall–Kier alpha value is -2.89. The molecular weight excluding hydrogens is 338 g/mol. The third-order valence-electron chi connectivity index (χ3n) is 6.11. The summed E-state index contributed by atoms with van der Waals surface area (Å²) >= 11 is 0. The third-order valence-corrected chi connectivity index (χ3v) is 6.11. The molecule has 1 amide bonds. The summed E-state index contributed by atoms with van der Waals surface area (Å²) in [5, 5.41) is 6.53. The second-order valence-corrected chi connectivity index (χ2v) is 8.18. The van der Waals surface area contributed by atoms with Crippen molar-refractivity contribution in [3.05, 3.63) is 41.2 Å². The molecule has 0 unspecified atom stereocenters. The Morgan fingerprint density at radius 2 is 2.04 bits per heavy atom. The second kappa shape index (κ2) is 5.09. The number of fused-ring (bicyclic) bond motifs is 3. The van der Waals surface area contributed by atoms with E-state index in [9.17, 15) is 4.79 Å². The Bertz CT molecular complexity index is 1110. The maximum atomic E-state index is 12.4. The molecule has 1 aromatic carbocycles. The molecule has 0 radical (unpaired) electrons. The highest BCUT2D eigenvalue weighted by Gasteiger charge is 2.50. The van der Waals surface area contributed by atoms with Crippen LogP contribution in [-0.2, 0) is 5.41 Å². The number of carbonyl (C=O) groups excluding carboxylic acids is 1. The molecule has 6 rings (SSSR count). The number of para-hydroxylation sites is 1. The first kappa shape index (κ1) is 15.2. The van der Waals surface area contributed by atoms with Crippen LogP contribution >= 0.6 is 0 Å². The first-order valence-electron chi connectivity index (χ1n) is 9.69. The highest BCUT2D eigenvalue weighted by Crippen LogP contribution is 2.50. The van der Waals surface area contributed by atoms with E-state index in [-0.39, 0.29) is 11.3 Å². The molecule has 2 aliphatic carbocycles. The Kier molecular flexibility index (Phi) is 2.86. The van der Waals surface area contributed by atoms with E-state index in [1.54, 1.807) is 0 Å². The number of anilines is 1. The number of aromatic nitrogens is 3. The first-order valence-corrected chi connectivity index (χ1v) is 9.69. The molecule has 1 spiro atoms. The molecule has 6 nitrogen and oxygen atoms in total. The molecule has 2 aromatic heterocycles.